The van der Waals surface area contributed by atoms with Crippen molar-refractivity contribution in [3.05, 3.63) is 108 Å². The van der Waals surface area contributed by atoms with Gasteiger partial charge in [0.15, 0.2) is 6.10 Å². The zero-order valence-corrected chi connectivity index (χ0v) is 28.3. The zero-order valence-electron chi connectivity index (χ0n) is 22.2. The van der Waals surface area contributed by atoms with Crippen LogP contribution in [-0.4, -0.2) is 53.5 Å². The standard InChI is InChI=1S/C29H27FN4O3S2.CH2.Tl/c30-20-7-4-6-19(14-20)25-12-13-26(37-29(39)36-23-9-2-1-3-10-23)28-32-17-22(34(25)28)16-31-18-27(35)33-21-8-5-11-24(38)15-21;;/h1-11,14-15,17,25-26,31,38H,12-13,16,18H2,(H,33,35);1H2;/q;;+1/p-1. The van der Waals surface area contributed by atoms with E-state index in [2.05, 4.69) is 24.2 Å². The Bertz CT molecular complexity index is 1540. The van der Waals surface area contributed by atoms with Crippen LogP contribution in [0.4, 0.5) is 10.1 Å². The van der Waals surface area contributed by atoms with Crippen molar-refractivity contribution in [3.8, 4) is 5.75 Å². The second-order valence-corrected chi connectivity index (χ2v) is 17.4. The zero-order chi connectivity index (χ0) is 28.6. The summed E-state index contributed by atoms with van der Waals surface area (Å²) in [5.41, 5.74) is 2.46. The Hall–Kier alpha value is -2.94. The summed E-state index contributed by atoms with van der Waals surface area (Å²) in [6.07, 6.45) is 2.65. The first-order chi connectivity index (χ1) is 20.0. The SMILES string of the molecule is [CH2]=[Tl][S]c1cccc(NC(=O)CNCc2cnc3n2C(c2cccc(F)c2)CCC3OC(=S)Oc2ccccc2)c1. The van der Waals surface area contributed by atoms with Crippen molar-refractivity contribution >= 4 is 63.7 Å². The molecule has 11 heteroatoms. The van der Waals surface area contributed by atoms with Crippen LogP contribution in [0.25, 0.3) is 0 Å². The Kier molecular flexibility index (Phi) is 10.3. The van der Waals surface area contributed by atoms with Crippen molar-refractivity contribution in [2.24, 2.45) is 0 Å². The molecule has 3 aromatic carbocycles. The molecule has 4 aromatic rings. The fourth-order valence-electron chi connectivity index (χ4n) is 4.83. The first-order valence-electron chi connectivity index (χ1n) is 13.1. The Morgan fingerprint density at radius 3 is 2.76 bits per heavy atom. The van der Waals surface area contributed by atoms with Crippen LogP contribution in [0.3, 0.4) is 0 Å². The third-order valence-electron chi connectivity index (χ3n) is 6.55. The molecule has 0 saturated carbocycles. The van der Waals surface area contributed by atoms with Gasteiger partial charge in [0.25, 0.3) is 0 Å². The predicted octanol–water partition coefficient (Wildman–Crippen LogP) is 5.70. The average molecular weight is 780 g/mol. The van der Waals surface area contributed by atoms with Gasteiger partial charge in [-0.15, -0.1) is 0 Å². The van der Waals surface area contributed by atoms with Crippen molar-refractivity contribution < 1.29 is 18.7 Å². The van der Waals surface area contributed by atoms with Gasteiger partial charge in [-0.05, 0) is 42.7 Å². The van der Waals surface area contributed by atoms with Crippen LogP contribution in [0.2, 0.25) is 0 Å². The van der Waals surface area contributed by atoms with E-state index in [9.17, 15) is 9.18 Å². The maximum absolute atomic E-state index is 14.2. The summed E-state index contributed by atoms with van der Waals surface area (Å²) in [6.45, 7) is 0.502. The normalized spacial score (nSPS) is 15.8. The fourth-order valence-corrected chi connectivity index (χ4v) is 9.54. The molecule has 7 nitrogen and oxygen atoms in total. The van der Waals surface area contributed by atoms with E-state index < -0.39 is 28.3 Å². The Labute approximate surface area is 257 Å². The molecule has 0 radical (unpaired) electrons. The van der Waals surface area contributed by atoms with E-state index in [4.69, 9.17) is 21.7 Å². The Morgan fingerprint density at radius 2 is 1.95 bits per heavy atom. The molecule has 208 valence electrons. The van der Waals surface area contributed by atoms with Gasteiger partial charge in [0.1, 0.15) is 11.6 Å². The second-order valence-electron chi connectivity index (χ2n) is 9.36. The molecule has 2 unspecified atom stereocenters. The number of fused-ring (bicyclic) bond motifs is 1. The molecule has 0 aliphatic carbocycles. The first-order valence-corrected chi connectivity index (χ1v) is 23.1. The molecule has 1 aromatic heterocycles. The number of rotatable bonds is 10. The van der Waals surface area contributed by atoms with E-state index in [1.54, 1.807) is 30.5 Å². The first kappa shape index (κ1) is 29.6. The number of aromatic nitrogens is 2. The Balaban J connectivity index is 1.29. The molecule has 0 saturated heterocycles. The molecule has 2 heterocycles. The van der Waals surface area contributed by atoms with E-state index in [1.807, 2.05) is 56.8 Å². The predicted molar refractivity (Wildman–Crippen MR) is 165 cm³/mol. The van der Waals surface area contributed by atoms with Crippen molar-refractivity contribution in [1.82, 2.24) is 14.9 Å². The van der Waals surface area contributed by atoms with Gasteiger partial charge in [-0.1, -0.05) is 30.3 Å². The number of benzene rings is 3. The number of carbonyl (C=O) groups excluding carboxylic acids is 1. The number of ether oxygens (including phenoxy) is 2. The molecular weight excluding hydrogens is 752 g/mol. The number of amides is 1. The van der Waals surface area contributed by atoms with E-state index in [0.717, 1.165) is 21.8 Å². The van der Waals surface area contributed by atoms with Crippen LogP contribution in [0.5, 0.6) is 5.75 Å². The van der Waals surface area contributed by atoms with Crippen LogP contribution in [0.1, 0.15) is 42.1 Å². The quantitative estimate of drug-likeness (QED) is 0.158. The van der Waals surface area contributed by atoms with Crippen LogP contribution in [0.15, 0.2) is 90.0 Å². The van der Waals surface area contributed by atoms with Crippen molar-refractivity contribution in [1.29, 1.82) is 0 Å². The molecule has 0 fully saturated rings. The number of nitrogens with zero attached hydrogens (tertiary/aromatic N) is 2. The van der Waals surface area contributed by atoms with Gasteiger partial charge >= 0.3 is 142 Å². The van der Waals surface area contributed by atoms with Crippen LogP contribution >= 0.6 is 20.5 Å². The molecule has 41 heavy (non-hydrogen) atoms. The molecule has 2 atom stereocenters. The number of thiocarbonyl (C=S) groups is 1. The van der Waals surface area contributed by atoms with Crippen LogP contribution < -0.4 is 15.4 Å². The van der Waals surface area contributed by atoms with Crippen molar-refractivity contribution in [3.63, 3.8) is 0 Å². The average Bonchev–Trinajstić information content (AvgIpc) is 3.38. The number of halogens is 1. The van der Waals surface area contributed by atoms with Crippen LogP contribution in [-0.2, 0) is 16.1 Å². The summed E-state index contributed by atoms with van der Waals surface area (Å²) < 4.78 is 32.0. The fraction of sp³-hybridized carbons (Fsp3) is 0.200. The molecule has 1 aliphatic rings. The summed E-state index contributed by atoms with van der Waals surface area (Å²) in [5, 5.41) is 6.19. The number of carbonyl (C=O) groups is 1. The number of anilines is 1. The topological polar surface area (TPSA) is 77.4 Å². The third kappa shape index (κ3) is 7.88. The number of nitrogens with one attached hydrogen (secondary N) is 2. The monoisotopic (exact) mass is 780 g/mol. The summed E-state index contributed by atoms with van der Waals surface area (Å²) >= 11 is 4.37. The minimum atomic E-state index is -1.01. The van der Waals surface area contributed by atoms with Crippen LogP contribution in [0, 0.1) is 5.82 Å². The van der Waals surface area contributed by atoms with Gasteiger partial charge in [-0.25, -0.2) is 4.39 Å². The molecule has 0 bridgehead atoms. The number of para-hydroxylation sites is 1. The Morgan fingerprint density at radius 1 is 1.12 bits per heavy atom. The summed E-state index contributed by atoms with van der Waals surface area (Å²) in [6, 6.07) is 23.5. The molecule has 1 aliphatic heterocycles. The molecule has 5 rings (SSSR count). The molecule has 1 amide bonds. The van der Waals surface area contributed by atoms with Gasteiger partial charge in [0.05, 0.1) is 0 Å². The van der Waals surface area contributed by atoms with Gasteiger partial charge in [0, 0.05) is 12.2 Å². The van der Waals surface area contributed by atoms with E-state index in [1.165, 1.54) is 6.07 Å². The van der Waals surface area contributed by atoms with Gasteiger partial charge in [0.2, 0.25) is 0 Å². The van der Waals surface area contributed by atoms with E-state index in [0.29, 0.717) is 31.0 Å². The number of imidazole rings is 1. The van der Waals surface area contributed by atoms with E-state index >= 15 is 0 Å². The maximum atomic E-state index is 14.2. The summed E-state index contributed by atoms with van der Waals surface area (Å²) in [7, 11) is 1.82. The third-order valence-corrected chi connectivity index (χ3v) is 12.5. The second kappa shape index (κ2) is 14.3. The minimum absolute atomic E-state index is 0.0116. The van der Waals surface area contributed by atoms with Gasteiger partial charge in [-0.2, -0.15) is 0 Å². The van der Waals surface area contributed by atoms with Gasteiger partial charge in [-0.3, -0.25) is 0 Å². The number of hydrogen-bond acceptors (Lipinski definition) is 7. The van der Waals surface area contributed by atoms with E-state index in [-0.39, 0.29) is 29.5 Å². The molecule has 0 spiro atoms. The summed E-state index contributed by atoms with van der Waals surface area (Å²) in [5.74, 6) is 0.830. The number of hydrogen-bond donors (Lipinski definition) is 2. The van der Waals surface area contributed by atoms with Crippen molar-refractivity contribution in [2.75, 3.05) is 11.9 Å². The van der Waals surface area contributed by atoms with Crippen molar-refractivity contribution in [2.45, 2.75) is 36.4 Å². The van der Waals surface area contributed by atoms with Gasteiger partial charge < -0.3 is 9.47 Å². The molecular formula is C30H28FN4O3S2Tl. The molecule has 2 N–H and O–H groups in total. The summed E-state index contributed by atoms with van der Waals surface area (Å²) in [4.78, 5) is 18.5.